The predicted molar refractivity (Wildman–Crippen MR) is 98.9 cm³/mol. The van der Waals surface area contributed by atoms with Gasteiger partial charge in [0.1, 0.15) is 0 Å². The monoisotopic (exact) mass is 322 g/mol. The quantitative estimate of drug-likeness (QED) is 0.876. The summed E-state index contributed by atoms with van der Waals surface area (Å²) in [5.41, 5.74) is 3.90. The van der Waals surface area contributed by atoms with E-state index in [-0.39, 0.29) is 6.03 Å². The van der Waals surface area contributed by atoms with Crippen molar-refractivity contribution in [1.82, 2.24) is 4.98 Å². The van der Waals surface area contributed by atoms with Crippen molar-refractivity contribution in [3.8, 4) is 0 Å². The molecule has 0 aliphatic carbocycles. The molecule has 2 heterocycles. The van der Waals surface area contributed by atoms with Crippen LogP contribution in [0.1, 0.15) is 11.1 Å². The van der Waals surface area contributed by atoms with Crippen LogP contribution in [0.15, 0.2) is 49.2 Å². The second-order valence-electron chi connectivity index (χ2n) is 6.04. The normalized spacial score (nSPS) is 13.4. The maximum absolute atomic E-state index is 12.8. The number of anilines is 3. The van der Waals surface area contributed by atoms with Crippen molar-refractivity contribution >= 4 is 23.2 Å². The highest BCUT2D eigenvalue weighted by Gasteiger charge is 2.27. The van der Waals surface area contributed by atoms with Crippen LogP contribution >= 0.6 is 0 Å². The fourth-order valence-corrected chi connectivity index (χ4v) is 3.07. The van der Waals surface area contributed by atoms with Gasteiger partial charge >= 0.3 is 6.03 Å². The zero-order chi connectivity index (χ0) is 17.1. The molecule has 0 radical (unpaired) electrons. The minimum Gasteiger partial charge on any atom is -0.349 e. The molecule has 1 aliphatic heterocycles. The van der Waals surface area contributed by atoms with E-state index in [1.807, 2.05) is 44.2 Å². The number of nitrogens with zero attached hydrogens (tertiary/aromatic N) is 3. The first kappa shape index (κ1) is 16.1. The molecule has 0 saturated heterocycles. The number of benzene rings is 1. The van der Waals surface area contributed by atoms with Gasteiger partial charge in [-0.15, -0.1) is 6.58 Å². The van der Waals surface area contributed by atoms with Crippen molar-refractivity contribution in [3.63, 3.8) is 0 Å². The Kier molecular flexibility index (Phi) is 4.51. The molecule has 0 unspecified atom stereocenters. The number of hydrogen-bond donors (Lipinski definition) is 1. The predicted octanol–water partition coefficient (Wildman–Crippen LogP) is 3.74. The number of amides is 2. The van der Waals surface area contributed by atoms with Crippen molar-refractivity contribution in [2.24, 2.45) is 0 Å². The van der Waals surface area contributed by atoms with E-state index in [1.54, 1.807) is 11.1 Å². The zero-order valence-electron chi connectivity index (χ0n) is 14.1. The van der Waals surface area contributed by atoms with Gasteiger partial charge in [-0.3, -0.25) is 4.90 Å². The molecule has 1 N–H and O–H groups in total. The molecule has 5 heteroatoms. The Morgan fingerprint density at radius 3 is 2.75 bits per heavy atom. The Labute approximate surface area is 142 Å². The lowest BCUT2D eigenvalue weighted by Crippen LogP contribution is -2.46. The molecule has 0 saturated carbocycles. The smallest absolute Gasteiger partial charge is 0.326 e. The Morgan fingerprint density at radius 1 is 1.29 bits per heavy atom. The zero-order valence-corrected chi connectivity index (χ0v) is 14.1. The summed E-state index contributed by atoms with van der Waals surface area (Å²) < 4.78 is 0. The molecule has 3 rings (SSSR count). The molecule has 0 spiro atoms. The average molecular weight is 322 g/mol. The molecule has 0 fully saturated rings. The molecule has 0 atom stereocenters. The van der Waals surface area contributed by atoms with Gasteiger partial charge in [-0.05, 0) is 49.2 Å². The number of aromatic nitrogens is 1. The molecule has 2 amide bonds. The molecule has 124 valence electrons. The second kappa shape index (κ2) is 6.74. The maximum Gasteiger partial charge on any atom is 0.326 e. The lowest BCUT2D eigenvalue weighted by atomic mass is 10.1. The maximum atomic E-state index is 12.8. The minimum atomic E-state index is -0.132. The van der Waals surface area contributed by atoms with Crippen LogP contribution in [0.5, 0.6) is 0 Å². The highest BCUT2D eigenvalue weighted by Crippen LogP contribution is 2.31. The molecule has 24 heavy (non-hydrogen) atoms. The fourth-order valence-electron chi connectivity index (χ4n) is 3.07. The van der Waals surface area contributed by atoms with Gasteiger partial charge in [-0.1, -0.05) is 12.1 Å². The Balaban J connectivity index is 1.85. The largest absolute Gasteiger partial charge is 0.349 e. The van der Waals surface area contributed by atoms with Crippen LogP contribution in [0.25, 0.3) is 0 Å². The van der Waals surface area contributed by atoms with E-state index in [2.05, 4.69) is 27.8 Å². The first-order chi connectivity index (χ1) is 11.6. The summed E-state index contributed by atoms with van der Waals surface area (Å²) in [5.74, 6) is 0.819. The molecule has 1 aromatic heterocycles. The summed E-state index contributed by atoms with van der Waals surface area (Å²) in [5, 5.41) is 3.00. The van der Waals surface area contributed by atoms with Gasteiger partial charge in [0.15, 0.2) is 5.82 Å². The molecular weight excluding hydrogens is 300 g/mol. The van der Waals surface area contributed by atoms with Crippen molar-refractivity contribution in [3.05, 3.63) is 60.3 Å². The topological polar surface area (TPSA) is 48.5 Å². The van der Waals surface area contributed by atoms with Crippen molar-refractivity contribution in [2.45, 2.75) is 13.8 Å². The number of carbonyl (C=O) groups is 1. The van der Waals surface area contributed by atoms with Crippen LogP contribution in [0.3, 0.4) is 0 Å². The van der Waals surface area contributed by atoms with Gasteiger partial charge in [0.2, 0.25) is 0 Å². The van der Waals surface area contributed by atoms with Gasteiger partial charge < -0.3 is 10.2 Å². The Morgan fingerprint density at radius 2 is 2.04 bits per heavy atom. The van der Waals surface area contributed by atoms with E-state index in [0.717, 1.165) is 41.4 Å². The number of aryl methyl sites for hydroxylation is 2. The van der Waals surface area contributed by atoms with E-state index in [0.29, 0.717) is 6.54 Å². The summed E-state index contributed by atoms with van der Waals surface area (Å²) in [4.78, 5) is 21.1. The Bertz CT molecular complexity index is 751. The van der Waals surface area contributed by atoms with E-state index < -0.39 is 0 Å². The molecular formula is C19H22N4O. The van der Waals surface area contributed by atoms with E-state index in [1.165, 1.54) is 0 Å². The summed E-state index contributed by atoms with van der Waals surface area (Å²) in [6.07, 6.45) is 3.60. The van der Waals surface area contributed by atoms with Crippen molar-refractivity contribution < 1.29 is 4.79 Å². The number of carbonyl (C=O) groups excluding carboxylic acids is 1. The summed E-state index contributed by atoms with van der Waals surface area (Å²) in [6, 6.07) is 9.69. The van der Waals surface area contributed by atoms with Gasteiger partial charge in [0, 0.05) is 31.5 Å². The first-order valence-electron chi connectivity index (χ1n) is 8.06. The fraction of sp³-hybridized carbons (Fsp3) is 0.263. The van der Waals surface area contributed by atoms with Crippen LogP contribution in [0, 0.1) is 13.8 Å². The number of pyridine rings is 1. The minimum absolute atomic E-state index is 0.132. The summed E-state index contributed by atoms with van der Waals surface area (Å²) in [7, 11) is 0. The second-order valence-corrected chi connectivity index (χ2v) is 6.04. The van der Waals surface area contributed by atoms with Crippen LogP contribution in [-0.4, -0.2) is 30.6 Å². The van der Waals surface area contributed by atoms with Gasteiger partial charge in [0.05, 0.1) is 5.69 Å². The first-order valence-corrected chi connectivity index (χ1v) is 8.06. The summed E-state index contributed by atoms with van der Waals surface area (Å²) >= 11 is 0. The Hall–Kier alpha value is -2.82. The van der Waals surface area contributed by atoms with Gasteiger partial charge in [-0.25, -0.2) is 9.78 Å². The molecule has 5 nitrogen and oxygen atoms in total. The van der Waals surface area contributed by atoms with E-state index in [9.17, 15) is 4.79 Å². The number of fused-ring (bicyclic) bond motifs is 1. The van der Waals surface area contributed by atoms with E-state index in [4.69, 9.17) is 0 Å². The number of rotatable bonds is 3. The molecule has 1 aromatic carbocycles. The van der Waals surface area contributed by atoms with Crippen LogP contribution in [-0.2, 0) is 0 Å². The third-order valence-electron chi connectivity index (χ3n) is 4.02. The molecule has 2 aromatic rings. The van der Waals surface area contributed by atoms with E-state index >= 15 is 0 Å². The van der Waals surface area contributed by atoms with Crippen molar-refractivity contribution in [2.75, 3.05) is 34.8 Å². The number of urea groups is 1. The third-order valence-corrected chi connectivity index (χ3v) is 4.02. The van der Waals surface area contributed by atoms with Crippen LogP contribution in [0.2, 0.25) is 0 Å². The van der Waals surface area contributed by atoms with Gasteiger partial charge in [0.25, 0.3) is 0 Å². The highest BCUT2D eigenvalue weighted by molar-refractivity contribution is 6.04. The van der Waals surface area contributed by atoms with Gasteiger partial charge in [-0.2, -0.15) is 0 Å². The SMILES string of the molecule is C=CCN1CCN(C(=O)Nc2cc(C)cc(C)c2)c2cccnc21. The third kappa shape index (κ3) is 3.25. The van der Waals surface area contributed by atoms with Crippen LogP contribution in [0.4, 0.5) is 22.0 Å². The number of nitrogens with one attached hydrogen (secondary N) is 1. The highest BCUT2D eigenvalue weighted by atomic mass is 16.2. The molecule has 0 bridgehead atoms. The molecule has 1 aliphatic rings. The lowest BCUT2D eigenvalue weighted by Gasteiger charge is -2.36. The van der Waals surface area contributed by atoms with Crippen LogP contribution < -0.4 is 15.1 Å². The average Bonchev–Trinajstić information content (AvgIpc) is 2.54. The van der Waals surface area contributed by atoms with Crippen molar-refractivity contribution in [1.29, 1.82) is 0 Å². The lowest BCUT2D eigenvalue weighted by molar-refractivity contribution is 0.256. The summed E-state index contributed by atoms with van der Waals surface area (Å²) in [6.45, 7) is 9.90. The number of hydrogen-bond acceptors (Lipinski definition) is 3. The standard InChI is InChI=1S/C19H22N4O/c1-4-8-22-9-10-23(17-6-5-7-20-18(17)22)19(24)21-16-12-14(2)11-15(3)13-16/h4-7,11-13H,1,8-10H2,2-3H3,(H,21,24).